The number of rotatable bonds is 6. The topological polar surface area (TPSA) is 66.4 Å². The maximum absolute atomic E-state index is 13.4. The molecule has 0 bridgehead atoms. The van der Waals surface area contributed by atoms with Gasteiger partial charge >= 0.3 is 5.97 Å². The first-order chi connectivity index (χ1) is 11.5. The van der Waals surface area contributed by atoms with Crippen molar-refractivity contribution in [3.8, 4) is 0 Å². The van der Waals surface area contributed by atoms with Crippen LogP contribution in [0.25, 0.3) is 0 Å². The van der Waals surface area contributed by atoms with Gasteiger partial charge in [-0.15, -0.1) is 0 Å². The molecule has 2 N–H and O–H groups in total. The van der Waals surface area contributed by atoms with E-state index in [0.717, 1.165) is 18.4 Å². The maximum Gasteiger partial charge on any atom is 0.335 e. The average molecular weight is 327 g/mol. The molecular formula is C19H18FNO3. The molecule has 0 aromatic heterocycles. The molecule has 0 aliphatic heterocycles. The summed E-state index contributed by atoms with van der Waals surface area (Å²) in [6.07, 6.45) is 1.83. The summed E-state index contributed by atoms with van der Waals surface area (Å²) in [6.45, 7) is 0.435. The fourth-order valence-electron chi connectivity index (χ4n) is 2.92. The zero-order valence-electron chi connectivity index (χ0n) is 13.1. The Kier molecular flexibility index (Phi) is 4.34. The van der Waals surface area contributed by atoms with Gasteiger partial charge in [0.25, 0.3) is 0 Å². The van der Waals surface area contributed by atoms with Gasteiger partial charge in [-0.3, -0.25) is 4.79 Å². The van der Waals surface area contributed by atoms with Crippen LogP contribution in [0.1, 0.15) is 34.3 Å². The number of carboxylic acids is 1. The van der Waals surface area contributed by atoms with Gasteiger partial charge in [-0.25, -0.2) is 9.18 Å². The van der Waals surface area contributed by atoms with E-state index in [2.05, 4.69) is 5.32 Å². The minimum absolute atomic E-state index is 0.0156. The lowest BCUT2D eigenvalue weighted by molar-refractivity contribution is -0.120. The average Bonchev–Trinajstić information content (AvgIpc) is 3.34. The molecule has 0 atom stereocenters. The lowest BCUT2D eigenvalue weighted by Gasteiger charge is -2.17. The molecule has 2 aromatic carbocycles. The highest BCUT2D eigenvalue weighted by Gasteiger charge is 2.44. The third kappa shape index (κ3) is 3.45. The molecule has 1 aliphatic carbocycles. The Morgan fingerprint density at radius 1 is 1.12 bits per heavy atom. The molecule has 5 heteroatoms. The Morgan fingerprint density at radius 3 is 2.54 bits per heavy atom. The first-order valence-electron chi connectivity index (χ1n) is 7.84. The second-order valence-electron chi connectivity index (χ2n) is 6.21. The Balaban J connectivity index is 1.64. The van der Waals surface area contributed by atoms with E-state index in [-0.39, 0.29) is 29.1 Å². The SMILES string of the molecule is O=C(Cc1ccccc1C(=O)O)NCC1(c2cccc(F)c2)CC1. The first-order valence-corrected chi connectivity index (χ1v) is 7.84. The second-order valence-corrected chi connectivity index (χ2v) is 6.21. The van der Waals surface area contributed by atoms with Gasteiger partial charge in [0.1, 0.15) is 5.82 Å². The minimum atomic E-state index is -1.04. The molecular weight excluding hydrogens is 309 g/mol. The van der Waals surface area contributed by atoms with Crippen LogP contribution in [0.5, 0.6) is 0 Å². The van der Waals surface area contributed by atoms with E-state index in [1.165, 1.54) is 18.2 Å². The molecule has 0 spiro atoms. The van der Waals surface area contributed by atoms with Gasteiger partial charge in [0, 0.05) is 12.0 Å². The summed E-state index contributed by atoms with van der Waals surface area (Å²) in [5, 5.41) is 12.0. The zero-order valence-corrected chi connectivity index (χ0v) is 13.1. The third-order valence-electron chi connectivity index (χ3n) is 4.51. The molecule has 1 fully saturated rings. The van der Waals surface area contributed by atoms with Gasteiger partial charge in [0.15, 0.2) is 0 Å². The third-order valence-corrected chi connectivity index (χ3v) is 4.51. The number of benzene rings is 2. The summed E-state index contributed by atoms with van der Waals surface area (Å²) in [7, 11) is 0. The van der Waals surface area contributed by atoms with Gasteiger partial charge in [-0.05, 0) is 42.2 Å². The van der Waals surface area contributed by atoms with Crippen LogP contribution in [0.2, 0.25) is 0 Å². The molecule has 2 aromatic rings. The van der Waals surface area contributed by atoms with E-state index in [1.54, 1.807) is 24.3 Å². The molecule has 0 saturated heterocycles. The molecule has 0 unspecified atom stereocenters. The number of halogens is 1. The summed E-state index contributed by atoms with van der Waals surface area (Å²) in [5.41, 5.74) is 1.33. The molecule has 1 amide bonds. The number of hydrogen-bond acceptors (Lipinski definition) is 2. The lowest BCUT2D eigenvalue weighted by Crippen LogP contribution is -2.33. The van der Waals surface area contributed by atoms with Crippen LogP contribution >= 0.6 is 0 Å². The van der Waals surface area contributed by atoms with Crippen LogP contribution in [-0.2, 0) is 16.6 Å². The van der Waals surface area contributed by atoms with Crippen molar-refractivity contribution in [3.05, 3.63) is 71.0 Å². The zero-order chi connectivity index (χ0) is 17.2. The maximum atomic E-state index is 13.4. The molecule has 3 rings (SSSR count). The van der Waals surface area contributed by atoms with Gasteiger partial charge in [0.05, 0.1) is 12.0 Å². The number of nitrogens with one attached hydrogen (secondary N) is 1. The van der Waals surface area contributed by atoms with Crippen molar-refractivity contribution < 1.29 is 19.1 Å². The fourth-order valence-corrected chi connectivity index (χ4v) is 2.92. The van der Waals surface area contributed by atoms with Crippen LogP contribution in [0.3, 0.4) is 0 Å². The molecule has 1 aliphatic rings. The van der Waals surface area contributed by atoms with Crippen LogP contribution in [0, 0.1) is 5.82 Å². The summed E-state index contributed by atoms with van der Waals surface area (Å²) in [5.74, 6) is -1.55. The molecule has 0 radical (unpaired) electrons. The van der Waals surface area contributed by atoms with Crippen LogP contribution in [0.4, 0.5) is 4.39 Å². The summed E-state index contributed by atoms with van der Waals surface area (Å²) < 4.78 is 13.4. The van der Waals surface area contributed by atoms with Crippen molar-refractivity contribution in [2.24, 2.45) is 0 Å². The van der Waals surface area contributed by atoms with Gasteiger partial charge in [-0.2, -0.15) is 0 Å². The Bertz CT molecular complexity index is 784. The molecule has 124 valence electrons. The molecule has 0 heterocycles. The monoisotopic (exact) mass is 327 g/mol. The van der Waals surface area contributed by atoms with E-state index in [4.69, 9.17) is 5.11 Å². The number of hydrogen-bond donors (Lipinski definition) is 2. The largest absolute Gasteiger partial charge is 0.478 e. The summed E-state index contributed by atoms with van der Waals surface area (Å²) in [6, 6.07) is 12.9. The fraction of sp³-hybridized carbons (Fsp3) is 0.263. The number of aromatic carboxylic acids is 1. The van der Waals surface area contributed by atoms with Crippen molar-refractivity contribution in [2.45, 2.75) is 24.7 Å². The quantitative estimate of drug-likeness (QED) is 0.857. The van der Waals surface area contributed by atoms with E-state index >= 15 is 0 Å². The van der Waals surface area contributed by atoms with Gasteiger partial charge in [0.2, 0.25) is 5.91 Å². The molecule has 4 nitrogen and oxygen atoms in total. The minimum Gasteiger partial charge on any atom is -0.478 e. The van der Waals surface area contributed by atoms with Gasteiger partial charge < -0.3 is 10.4 Å². The van der Waals surface area contributed by atoms with Crippen molar-refractivity contribution in [1.82, 2.24) is 5.32 Å². The number of carboxylic acid groups (broad SMARTS) is 1. The van der Waals surface area contributed by atoms with Gasteiger partial charge in [-0.1, -0.05) is 30.3 Å². The van der Waals surface area contributed by atoms with Crippen LogP contribution in [0.15, 0.2) is 48.5 Å². The smallest absolute Gasteiger partial charge is 0.335 e. The summed E-state index contributed by atoms with van der Waals surface area (Å²) >= 11 is 0. The standard InChI is InChI=1S/C19H18FNO3/c20-15-6-3-5-14(11-15)19(8-9-19)12-21-17(22)10-13-4-1-2-7-16(13)18(23)24/h1-7,11H,8-10,12H2,(H,21,22)(H,23,24). The molecule has 1 saturated carbocycles. The number of carbonyl (C=O) groups excluding carboxylic acids is 1. The first kappa shape index (κ1) is 16.2. The molecule has 24 heavy (non-hydrogen) atoms. The van der Waals surface area contributed by atoms with E-state index < -0.39 is 5.97 Å². The van der Waals surface area contributed by atoms with Crippen molar-refractivity contribution in [2.75, 3.05) is 6.54 Å². The second kappa shape index (κ2) is 6.43. The predicted molar refractivity (Wildman–Crippen MR) is 87.4 cm³/mol. The van der Waals surface area contributed by atoms with Crippen LogP contribution in [-0.4, -0.2) is 23.5 Å². The lowest BCUT2D eigenvalue weighted by atomic mass is 9.95. The van der Waals surface area contributed by atoms with E-state index in [1.807, 2.05) is 6.07 Å². The van der Waals surface area contributed by atoms with Crippen molar-refractivity contribution in [1.29, 1.82) is 0 Å². The van der Waals surface area contributed by atoms with E-state index in [0.29, 0.717) is 12.1 Å². The van der Waals surface area contributed by atoms with Crippen LogP contribution < -0.4 is 5.32 Å². The van der Waals surface area contributed by atoms with Crippen molar-refractivity contribution in [3.63, 3.8) is 0 Å². The highest BCUT2D eigenvalue weighted by Crippen LogP contribution is 2.47. The normalized spacial score (nSPS) is 14.9. The van der Waals surface area contributed by atoms with E-state index in [9.17, 15) is 14.0 Å². The Hall–Kier alpha value is -2.69. The predicted octanol–water partition coefficient (Wildman–Crippen LogP) is 2.91. The number of carbonyl (C=O) groups is 2. The Morgan fingerprint density at radius 2 is 1.88 bits per heavy atom. The highest BCUT2D eigenvalue weighted by molar-refractivity contribution is 5.91. The number of amides is 1. The van der Waals surface area contributed by atoms with Crippen molar-refractivity contribution >= 4 is 11.9 Å². The highest BCUT2D eigenvalue weighted by atomic mass is 19.1. The summed E-state index contributed by atoms with van der Waals surface area (Å²) in [4.78, 5) is 23.4. The Labute approximate surface area is 139 Å².